The summed E-state index contributed by atoms with van der Waals surface area (Å²) in [5, 5.41) is 7.30. The Morgan fingerprint density at radius 1 is 1.13 bits per heavy atom. The van der Waals surface area contributed by atoms with Gasteiger partial charge < -0.3 is 4.74 Å². The molecule has 0 radical (unpaired) electrons. The van der Waals surface area contributed by atoms with Crippen molar-refractivity contribution in [1.29, 1.82) is 0 Å². The van der Waals surface area contributed by atoms with Gasteiger partial charge in [-0.1, -0.05) is 49.7 Å². The van der Waals surface area contributed by atoms with Gasteiger partial charge in [-0.3, -0.25) is 25.5 Å². The van der Waals surface area contributed by atoms with Crippen LogP contribution >= 0.6 is 11.6 Å². The van der Waals surface area contributed by atoms with Crippen molar-refractivity contribution in [3.8, 4) is 17.0 Å². The molecule has 0 spiro atoms. The molecule has 0 bridgehead atoms. The lowest BCUT2D eigenvalue weighted by Gasteiger charge is -2.15. The first-order valence-corrected chi connectivity index (χ1v) is 9.84. The normalized spacial score (nSPS) is 10.7. The molecule has 3 rings (SSSR count). The van der Waals surface area contributed by atoms with E-state index in [0.717, 1.165) is 16.7 Å². The number of carbonyl (C=O) groups is 2. The number of aromatic nitrogens is 2. The van der Waals surface area contributed by atoms with Crippen LogP contribution in [0.15, 0.2) is 48.7 Å². The van der Waals surface area contributed by atoms with E-state index in [-0.39, 0.29) is 12.5 Å². The zero-order chi connectivity index (χ0) is 21.7. The summed E-state index contributed by atoms with van der Waals surface area (Å²) in [5.41, 5.74) is 8.37. The van der Waals surface area contributed by atoms with Crippen molar-refractivity contribution in [1.82, 2.24) is 21.0 Å². The van der Waals surface area contributed by atoms with Gasteiger partial charge in [-0.2, -0.15) is 5.10 Å². The molecule has 30 heavy (non-hydrogen) atoms. The molecular weight excluding hydrogens is 404 g/mol. The minimum Gasteiger partial charge on any atom is -0.483 e. The van der Waals surface area contributed by atoms with Crippen LogP contribution in [0.1, 0.15) is 41.3 Å². The molecule has 0 unspecified atom stereocenters. The molecule has 1 aromatic heterocycles. The van der Waals surface area contributed by atoms with Gasteiger partial charge in [0.25, 0.3) is 11.8 Å². The molecule has 0 aliphatic rings. The molecule has 0 atom stereocenters. The first-order valence-electron chi connectivity index (χ1n) is 9.47. The summed E-state index contributed by atoms with van der Waals surface area (Å²) in [6.45, 7) is 5.85. The van der Waals surface area contributed by atoms with Gasteiger partial charge >= 0.3 is 0 Å². The molecule has 2 aromatic carbocycles. The van der Waals surface area contributed by atoms with Crippen molar-refractivity contribution < 1.29 is 14.3 Å². The predicted molar refractivity (Wildman–Crippen MR) is 115 cm³/mol. The first-order chi connectivity index (χ1) is 14.3. The van der Waals surface area contributed by atoms with Crippen molar-refractivity contribution in [2.24, 2.45) is 0 Å². The number of hydrazine groups is 1. The van der Waals surface area contributed by atoms with Crippen LogP contribution in [0.2, 0.25) is 5.02 Å². The van der Waals surface area contributed by atoms with Crippen LogP contribution in [-0.2, 0) is 4.79 Å². The summed E-state index contributed by atoms with van der Waals surface area (Å²) >= 11 is 5.91. The Balaban J connectivity index is 1.59. The number of nitrogens with zero attached hydrogens (tertiary/aromatic N) is 1. The number of aryl methyl sites for hydroxylation is 1. The number of benzene rings is 2. The number of rotatable bonds is 6. The summed E-state index contributed by atoms with van der Waals surface area (Å²) in [6, 6.07) is 12.9. The zero-order valence-corrected chi connectivity index (χ0v) is 17.7. The van der Waals surface area contributed by atoms with Crippen molar-refractivity contribution in [3.05, 3.63) is 70.4 Å². The van der Waals surface area contributed by atoms with Crippen molar-refractivity contribution >= 4 is 23.4 Å². The fourth-order valence-electron chi connectivity index (χ4n) is 2.91. The van der Waals surface area contributed by atoms with Gasteiger partial charge in [0.15, 0.2) is 6.61 Å². The molecule has 3 N–H and O–H groups in total. The molecule has 0 aliphatic carbocycles. The van der Waals surface area contributed by atoms with Crippen LogP contribution in [0.5, 0.6) is 5.75 Å². The molecule has 3 aromatic rings. The maximum atomic E-state index is 12.5. The van der Waals surface area contributed by atoms with Crippen LogP contribution in [-0.4, -0.2) is 28.6 Å². The second kappa shape index (κ2) is 9.45. The molecule has 7 nitrogen and oxygen atoms in total. The smallest absolute Gasteiger partial charge is 0.276 e. The second-order valence-electron chi connectivity index (χ2n) is 7.15. The number of hydrogen-bond acceptors (Lipinski definition) is 4. The van der Waals surface area contributed by atoms with E-state index in [9.17, 15) is 9.59 Å². The maximum absolute atomic E-state index is 12.5. The highest BCUT2D eigenvalue weighted by Crippen LogP contribution is 2.27. The molecule has 8 heteroatoms. The number of carbonyl (C=O) groups excluding carboxylic acids is 2. The molecule has 156 valence electrons. The van der Waals surface area contributed by atoms with Crippen LogP contribution in [0.25, 0.3) is 11.3 Å². The Kier molecular flexibility index (Phi) is 6.74. The molecular formula is C22H23ClN4O3. The van der Waals surface area contributed by atoms with Gasteiger partial charge in [-0.15, -0.1) is 0 Å². The summed E-state index contributed by atoms with van der Waals surface area (Å²) in [7, 11) is 0. The van der Waals surface area contributed by atoms with Crippen LogP contribution in [0, 0.1) is 6.92 Å². The van der Waals surface area contributed by atoms with E-state index in [1.807, 2.05) is 25.1 Å². The number of halogens is 1. The Hall–Kier alpha value is -3.32. The van der Waals surface area contributed by atoms with Gasteiger partial charge in [-0.05, 0) is 42.2 Å². The molecule has 0 saturated heterocycles. The maximum Gasteiger partial charge on any atom is 0.276 e. The Morgan fingerprint density at radius 2 is 1.87 bits per heavy atom. The van der Waals surface area contributed by atoms with Crippen LogP contribution in [0.4, 0.5) is 0 Å². The lowest BCUT2D eigenvalue weighted by molar-refractivity contribution is -0.123. The summed E-state index contributed by atoms with van der Waals surface area (Å²) < 4.78 is 5.67. The van der Waals surface area contributed by atoms with E-state index in [4.69, 9.17) is 16.3 Å². The first kappa shape index (κ1) is 21.4. The fraction of sp³-hybridized carbons (Fsp3) is 0.227. The second-order valence-corrected chi connectivity index (χ2v) is 7.59. The van der Waals surface area contributed by atoms with Crippen LogP contribution in [0.3, 0.4) is 0 Å². The number of amides is 2. The quantitative estimate of drug-likeness (QED) is 0.519. The molecule has 0 fully saturated rings. The minimum atomic E-state index is -0.500. The van der Waals surface area contributed by atoms with Gasteiger partial charge in [0.05, 0.1) is 17.5 Å². The number of ether oxygens (including phenoxy) is 1. The zero-order valence-electron chi connectivity index (χ0n) is 17.0. The van der Waals surface area contributed by atoms with E-state index < -0.39 is 11.8 Å². The van der Waals surface area contributed by atoms with E-state index in [0.29, 0.717) is 22.0 Å². The summed E-state index contributed by atoms with van der Waals surface area (Å²) in [4.78, 5) is 24.6. The predicted octanol–water partition coefficient (Wildman–Crippen LogP) is 4.00. The third kappa shape index (κ3) is 5.18. The number of hydrogen-bond donors (Lipinski definition) is 3. The van der Waals surface area contributed by atoms with E-state index >= 15 is 0 Å². The molecule has 2 amide bonds. The topological polar surface area (TPSA) is 96.1 Å². The lowest BCUT2D eigenvalue weighted by Crippen LogP contribution is -2.43. The molecule has 1 heterocycles. The van der Waals surface area contributed by atoms with Crippen molar-refractivity contribution in [3.63, 3.8) is 0 Å². The summed E-state index contributed by atoms with van der Waals surface area (Å²) in [6.07, 6.45) is 1.39. The highest BCUT2D eigenvalue weighted by molar-refractivity contribution is 6.30. The SMILES string of the molecule is Cc1ccc(C(C)C)c(OCC(=O)NNC(=O)c2cn[nH]c2-c2ccc(Cl)cc2)c1. The minimum absolute atomic E-state index is 0.223. The average Bonchev–Trinajstić information content (AvgIpc) is 3.20. The number of H-pyrrole nitrogens is 1. The highest BCUT2D eigenvalue weighted by atomic mass is 35.5. The fourth-order valence-corrected chi connectivity index (χ4v) is 3.04. The van der Waals surface area contributed by atoms with Gasteiger partial charge in [0, 0.05) is 10.6 Å². The standard InChI is InChI=1S/C22H23ClN4O3/c1-13(2)17-9-4-14(3)10-19(17)30-12-20(28)25-27-22(29)18-11-24-26-21(18)15-5-7-16(23)8-6-15/h4-11,13H,12H2,1-3H3,(H,24,26)(H,25,28)(H,27,29). The average molecular weight is 427 g/mol. The lowest BCUT2D eigenvalue weighted by atomic mass is 10.0. The third-order valence-electron chi connectivity index (χ3n) is 4.48. The van der Waals surface area contributed by atoms with Crippen molar-refractivity contribution in [2.75, 3.05) is 6.61 Å². The number of nitrogens with one attached hydrogen (secondary N) is 3. The van der Waals surface area contributed by atoms with Gasteiger partial charge in [0.1, 0.15) is 5.75 Å². The Morgan fingerprint density at radius 3 is 2.57 bits per heavy atom. The largest absolute Gasteiger partial charge is 0.483 e. The van der Waals surface area contributed by atoms with Gasteiger partial charge in [-0.25, -0.2) is 0 Å². The summed E-state index contributed by atoms with van der Waals surface area (Å²) in [5.74, 6) is -0.0568. The van der Waals surface area contributed by atoms with Crippen molar-refractivity contribution in [2.45, 2.75) is 26.7 Å². The third-order valence-corrected chi connectivity index (χ3v) is 4.73. The number of aromatic amines is 1. The van der Waals surface area contributed by atoms with E-state index in [2.05, 4.69) is 34.9 Å². The van der Waals surface area contributed by atoms with Gasteiger partial charge in [0.2, 0.25) is 0 Å². The monoisotopic (exact) mass is 426 g/mol. The van der Waals surface area contributed by atoms with E-state index in [1.165, 1.54) is 6.20 Å². The van der Waals surface area contributed by atoms with E-state index in [1.54, 1.807) is 24.3 Å². The molecule has 0 saturated carbocycles. The Bertz CT molecular complexity index is 1040. The Labute approximate surface area is 179 Å². The highest BCUT2D eigenvalue weighted by Gasteiger charge is 2.16. The molecule has 0 aliphatic heterocycles. The van der Waals surface area contributed by atoms with Crippen LogP contribution < -0.4 is 15.6 Å².